The Labute approximate surface area is 173 Å². The van der Waals surface area contributed by atoms with Crippen LogP contribution >= 0.6 is 12.4 Å². The van der Waals surface area contributed by atoms with E-state index in [4.69, 9.17) is 0 Å². The molecule has 3 heterocycles. The quantitative estimate of drug-likeness (QED) is 0.766. The highest BCUT2D eigenvalue weighted by Crippen LogP contribution is 2.28. The highest BCUT2D eigenvalue weighted by Gasteiger charge is 2.43. The molecule has 3 saturated heterocycles. The topological polar surface area (TPSA) is 73.0 Å². The number of nitrogens with one attached hydrogen (secondary N) is 1. The van der Waals surface area contributed by atoms with Crippen molar-refractivity contribution in [2.75, 3.05) is 45.8 Å². The number of rotatable bonds is 4. The first-order chi connectivity index (χ1) is 13.1. The number of hydrogen-bond acceptors (Lipinski definition) is 5. The molecule has 1 amide bonds. The first kappa shape index (κ1) is 21.5. The second-order valence-corrected chi connectivity index (χ2v) is 9.49. The van der Waals surface area contributed by atoms with Crippen molar-refractivity contribution >= 4 is 28.3 Å². The summed E-state index contributed by atoms with van der Waals surface area (Å²) in [5.74, 6) is -0.0235. The fourth-order valence-electron chi connectivity index (χ4n) is 4.50. The van der Waals surface area contributed by atoms with Gasteiger partial charge in [0.2, 0.25) is 15.9 Å². The summed E-state index contributed by atoms with van der Waals surface area (Å²) in [6.45, 7) is 5.89. The molecule has 0 bridgehead atoms. The third kappa shape index (κ3) is 4.21. The standard InChI is InChI=1S/C19H28N4O3S.ClH/c24-19(22-12-8-16(15-22)21-13-9-20-10-14-21)18-7-4-11-23(18)27(25,26)17-5-2-1-3-6-17;/h1-3,5-6,16,18,20H,4,7-15H2;1H. The third-order valence-electron chi connectivity index (χ3n) is 5.98. The first-order valence-corrected chi connectivity index (χ1v) is 11.3. The summed E-state index contributed by atoms with van der Waals surface area (Å²) in [7, 11) is -3.63. The Hall–Kier alpha value is -1.19. The minimum Gasteiger partial charge on any atom is -0.340 e. The second kappa shape index (κ2) is 9.09. The van der Waals surface area contributed by atoms with Crippen molar-refractivity contribution in [2.24, 2.45) is 0 Å². The summed E-state index contributed by atoms with van der Waals surface area (Å²) in [6.07, 6.45) is 2.32. The van der Waals surface area contributed by atoms with Crippen molar-refractivity contribution in [3.05, 3.63) is 30.3 Å². The number of hydrogen-bond donors (Lipinski definition) is 1. The van der Waals surface area contributed by atoms with E-state index >= 15 is 0 Å². The molecular formula is C19H29ClN4O3S. The van der Waals surface area contributed by atoms with Crippen LogP contribution in [0.25, 0.3) is 0 Å². The van der Waals surface area contributed by atoms with Gasteiger partial charge in [0.25, 0.3) is 0 Å². The highest BCUT2D eigenvalue weighted by atomic mass is 35.5. The molecule has 2 unspecified atom stereocenters. The minimum absolute atomic E-state index is 0. The van der Waals surface area contributed by atoms with Crippen LogP contribution < -0.4 is 5.32 Å². The molecule has 28 heavy (non-hydrogen) atoms. The van der Waals surface area contributed by atoms with Gasteiger partial charge in [0.05, 0.1) is 4.90 Å². The number of amides is 1. The van der Waals surface area contributed by atoms with Gasteiger partial charge in [0.1, 0.15) is 6.04 Å². The minimum atomic E-state index is -3.63. The maximum absolute atomic E-state index is 13.2. The van der Waals surface area contributed by atoms with Crippen molar-refractivity contribution in [1.82, 2.24) is 19.4 Å². The van der Waals surface area contributed by atoms with Crippen molar-refractivity contribution in [1.29, 1.82) is 0 Å². The van der Waals surface area contributed by atoms with Gasteiger partial charge in [-0.05, 0) is 31.4 Å². The van der Waals surface area contributed by atoms with E-state index in [2.05, 4.69) is 10.2 Å². The molecule has 3 aliphatic heterocycles. The molecule has 7 nitrogen and oxygen atoms in total. The number of carbonyl (C=O) groups excluding carboxylic acids is 1. The van der Waals surface area contributed by atoms with Crippen LogP contribution in [0.2, 0.25) is 0 Å². The molecule has 9 heteroatoms. The predicted octanol–water partition coefficient (Wildman–Crippen LogP) is 0.768. The first-order valence-electron chi connectivity index (χ1n) is 9.88. The summed E-state index contributed by atoms with van der Waals surface area (Å²) in [5, 5.41) is 3.36. The number of nitrogens with zero attached hydrogens (tertiary/aromatic N) is 3. The van der Waals surface area contributed by atoms with Gasteiger partial charge in [-0.25, -0.2) is 8.42 Å². The molecule has 1 N–H and O–H groups in total. The summed E-state index contributed by atoms with van der Waals surface area (Å²) in [6, 6.07) is 8.29. The van der Waals surface area contributed by atoms with Gasteiger partial charge < -0.3 is 10.2 Å². The van der Waals surface area contributed by atoms with Crippen LogP contribution in [-0.4, -0.2) is 86.3 Å². The summed E-state index contributed by atoms with van der Waals surface area (Å²) < 4.78 is 27.5. The lowest BCUT2D eigenvalue weighted by atomic mass is 10.2. The van der Waals surface area contributed by atoms with Crippen molar-refractivity contribution < 1.29 is 13.2 Å². The normalized spacial score (nSPS) is 26.9. The number of benzene rings is 1. The van der Waals surface area contributed by atoms with E-state index in [1.165, 1.54) is 4.31 Å². The predicted molar refractivity (Wildman–Crippen MR) is 110 cm³/mol. The van der Waals surface area contributed by atoms with Gasteiger partial charge in [0, 0.05) is 51.9 Å². The number of sulfonamides is 1. The van der Waals surface area contributed by atoms with Crippen LogP contribution in [0.3, 0.4) is 0 Å². The summed E-state index contributed by atoms with van der Waals surface area (Å²) in [4.78, 5) is 17.8. The maximum atomic E-state index is 13.2. The van der Waals surface area contributed by atoms with Crippen LogP contribution in [0.5, 0.6) is 0 Å². The third-order valence-corrected chi connectivity index (χ3v) is 7.90. The summed E-state index contributed by atoms with van der Waals surface area (Å²) in [5.41, 5.74) is 0. The Morgan fingerprint density at radius 3 is 2.43 bits per heavy atom. The highest BCUT2D eigenvalue weighted by molar-refractivity contribution is 7.89. The molecule has 4 rings (SSSR count). The van der Waals surface area contributed by atoms with Crippen LogP contribution in [0.1, 0.15) is 19.3 Å². The van der Waals surface area contributed by atoms with Crippen molar-refractivity contribution in [3.8, 4) is 0 Å². The van der Waals surface area contributed by atoms with Crippen LogP contribution in [0, 0.1) is 0 Å². The smallest absolute Gasteiger partial charge is 0.243 e. The zero-order valence-electron chi connectivity index (χ0n) is 16.0. The van der Waals surface area contributed by atoms with Gasteiger partial charge >= 0.3 is 0 Å². The molecule has 156 valence electrons. The number of carbonyl (C=O) groups is 1. The fourth-order valence-corrected chi connectivity index (χ4v) is 6.17. The van der Waals surface area contributed by atoms with Crippen molar-refractivity contribution in [2.45, 2.75) is 36.2 Å². The molecule has 3 fully saturated rings. The van der Waals surface area contributed by atoms with E-state index in [0.717, 1.165) is 45.6 Å². The monoisotopic (exact) mass is 428 g/mol. The van der Waals surface area contributed by atoms with Gasteiger partial charge in [-0.15, -0.1) is 12.4 Å². The van der Waals surface area contributed by atoms with Gasteiger partial charge in [-0.3, -0.25) is 9.69 Å². The molecule has 1 aromatic carbocycles. The zero-order chi connectivity index (χ0) is 18.9. The number of likely N-dealkylation sites (tertiary alicyclic amines) is 1. The number of halogens is 1. The fraction of sp³-hybridized carbons (Fsp3) is 0.632. The van der Waals surface area contributed by atoms with Crippen LogP contribution in [-0.2, 0) is 14.8 Å². The molecule has 1 aromatic rings. The Morgan fingerprint density at radius 1 is 1.00 bits per heavy atom. The van der Waals surface area contributed by atoms with Crippen LogP contribution in [0.15, 0.2) is 35.2 Å². The van der Waals surface area contributed by atoms with Gasteiger partial charge in [-0.2, -0.15) is 4.31 Å². The average molecular weight is 429 g/mol. The molecule has 0 aromatic heterocycles. The maximum Gasteiger partial charge on any atom is 0.243 e. The Kier molecular flexibility index (Phi) is 6.98. The van der Waals surface area contributed by atoms with E-state index < -0.39 is 16.1 Å². The lowest BCUT2D eigenvalue weighted by molar-refractivity contribution is -0.133. The molecule has 3 aliphatic rings. The SMILES string of the molecule is Cl.O=C(C1CCCN1S(=O)(=O)c1ccccc1)N1CCC(N2CCNCC2)C1. The second-order valence-electron chi connectivity index (χ2n) is 7.60. The molecule has 0 saturated carbocycles. The Morgan fingerprint density at radius 2 is 1.71 bits per heavy atom. The largest absolute Gasteiger partial charge is 0.340 e. The van der Waals surface area contributed by atoms with E-state index in [-0.39, 0.29) is 23.2 Å². The Balaban J connectivity index is 0.00000225. The van der Waals surface area contributed by atoms with Crippen molar-refractivity contribution in [3.63, 3.8) is 0 Å². The molecule has 0 spiro atoms. The molecular weight excluding hydrogens is 400 g/mol. The zero-order valence-corrected chi connectivity index (χ0v) is 17.6. The molecule has 2 atom stereocenters. The van der Waals surface area contributed by atoms with Gasteiger partial charge in [0.15, 0.2) is 0 Å². The van der Waals surface area contributed by atoms with Crippen LogP contribution in [0.4, 0.5) is 0 Å². The van der Waals surface area contributed by atoms with E-state index in [1.807, 2.05) is 4.90 Å². The van der Waals surface area contributed by atoms with Gasteiger partial charge in [-0.1, -0.05) is 18.2 Å². The molecule has 0 aliphatic carbocycles. The average Bonchev–Trinajstić information content (AvgIpc) is 3.39. The Bertz CT molecular complexity index is 771. The number of piperazine rings is 1. The van der Waals surface area contributed by atoms with E-state index in [1.54, 1.807) is 30.3 Å². The molecule has 0 radical (unpaired) electrons. The van der Waals surface area contributed by atoms with E-state index in [9.17, 15) is 13.2 Å². The lowest BCUT2D eigenvalue weighted by Gasteiger charge is -2.33. The summed E-state index contributed by atoms with van der Waals surface area (Å²) >= 11 is 0. The van der Waals surface area contributed by atoms with E-state index in [0.29, 0.717) is 25.6 Å². The lowest BCUT2D eigenvalue weighted by Crippen LogP contribution is -2.51.